The number of rotatable bonds is 6. The molecule has 0 spiro atoms. The molecule has 100 valence electrons. The van der Waals surface area contributed by atoms with Crippen molar-refractivity contribution in [3.05, 3.63) is 28.2 Å². The summed E-state index contributed by atoms with van der Waals surface area (Å²) in [6, 6.07) is 4.84. The van der Waals surface area contributed by atoms with Gasteiger partial charge < -0.3 is 10.0 Å². The molecular weight excluding hydrogens is 318 g/mol. The fourth-order valence-corrected chi connectivity index (χ4v) is 2.18. The van der Waals surface area contributed by atoms with Gasteiger partial charge in [0.05, 0.1) is 5.56 Å². The summed E-state index contributed by atoms with van der Waals surface area (Å²) in [4.78, 5) is 14.0. The summed E-state index contributed by atoms with van der Waals surface area (Å²) in [7, 11) is 0. The minimum Gasteiger partial charge on any atom is -0.507 e. The molecule has 1 rings (SSSR count). The molecule has 0 atom stereocenters. The number of aromatic hydroxyl groups is 1. The largest absolute Gasteiger partial charge is 0.507 e. The predicted molar refractivity (Wildman–Crippen MR) is 77.3 cm³/mol. The Kier molecular flexibility index (Phi) is 6.50. The molecule has 5 heteroatoms. The number of nitrogens with zero attached hydrogens (tertiary/aromatic N) is 1. The summed E-state index contributed by atoms with van der Waals surface area (Å²) in [5, 5.41) is 9.75. The second-order valence-corrected chi connectivity index (χ2v) is 5.29. The molecule has 1 amide bonds. The summed E-state index contributed by atoms with van der Waals surface area (Å²) < 4.78 is 0.768. The molecule has 1 N–H and O–H groups in total. The van der Waals surface area contributed by atoms with E-state index in [1.165, 1.54) is 6.07 Å². The van der Waals surface area contributed by atoms with Crippen LogP contribution in [0, 0.1) is 0 Å². The lowest BCUT2D eigenvalue weighted by Gasteiger charge is -2.22. The molecule has 0 heterocycles. The molecule has 0 fully saturated rings. The molecule has 0 aromatic heterocycles. The van der Waals surface area contributed by atoms with Gasteiger partial charge in [-0.05, 0) is 24.6 Å². The van der Waals surface area contributed by atoms with E-state index >= 15 is 0 Å². The number of halogens is 2. The number of phenols is 1. The predicted octanol–water partition coefficient (Wildman–Crippen LogP) is 3.64. The molecule has 0 aliphatic heterocycles. The number of hydrogen-bond donors (Lipinski definition) is 1. The molecule has 0 radical (unpaired) electrons. The van der Waals surface area contributed by atoms with Gasteiger partial charge in [0.15, 0.2) is 0 Å². The second-order valence-electron chi connectivity index (χ2n) is 4.00. The molecule has 1 aromatic rings. The van der Waals surface area contributed by atoms with Crippen molar-refractivity contribution in [1.82, 2.24) is 4.90 Å². The molecular formula is C13H17BrClNO2. The van der Waals surface area contributed by atoms with Crippen molar-refractivity contribution in [2.75, 3.05) is 19.0 Å². The smallest absolute Gasteiger partial charge is 0.257 e. The van der Waals surface area contributed by atoms with Gasteiger partial charge in [0.25, 0.3) is 5.91 Å². The van der Waals surface area contributed by atoms with Crippen molar-refractivity contribution >= 4 is 33.4 Å². The van der Waals surface area contributed by atoms with Crippen LogP contribution in [0.15, 0.2) is 22.7 Å². The van der Waals surface area contributed by atoms with Gasteiger partial charge in [0, 0.05) is 23.4 Å². The first-order valence-corrected chi connectivity index (χ1v) is 7.26. The molecule has 3 nitrogen and oxygen atoms in total. The van der Waals surface area contributed by atoms with Gasteiger partial charge in [-0.15, -0.1) is 11.6 Å². The zero-order valence-electron chi connectivity index (χ0n) is 10.3. The Labute approximate surface area is 121 Å². The quantitative estimate of drug-likeness (QED) is 0.807. The van der Waals surface area contributed by atoms with E-state index in [1.54, 1.807) is 17.0 Å². The van der Waals surface area contributed by atoms with Crippen LogP contribution >= 0.6 is 27.5 Å². The van der Waals surface area contributed by atoms with Gasteiger partial charge >= 0.3 is 0 Å². The van der Waals surface area contributed by atoms with Gasteiger partial charge in [0.2, 0.25) is 0 Å². The lowest BCUT2D eigenvalue weighted by molar-refractivity contribution is 0.0760. The number of hydrogen-bond acceptors (Lipinski definition) is 2. The highest BCUT2D eigenvalue weighted by Gasteiger charge is 2.18. The van der Waals surface area contributed by atoms with Gasteiger partial charge in [0.1, 0.15) is 5.75 Å². The van der Waals surface area contributed by atoms with Crippen LogP contribution in [0.4, 0.5) is 0 Å². The topological polar surface area (TPSA) is 40.5 Å². The van der Waals surface area contributed by atoms with Crippen LogP contribution in [-0.2, 0) is 0 Å². The van der Waals surface area contributed by atoms with Crippen LogP contribution in [0.1, 0.15) is 30.1 Å². The highest BCUT2D eigenvalue weighted by atomic mass is 79.9. The van der Waals surface area contributed by atoms with Gasteiger partial charge in [-0.25, -0.2) is 0 Å². The van der Waals surface area contributed by atoms with E-state index in [0.717, 1.165) is 17.3 Å². The van der Waals surface area contributed by atoms with Crippen LogP contribution in [-0.4, -0.2) is 34.9 Å². The number of amides is 1. The van der Waals surface area contributed by atoms with E-state index in [9.17, 15) is 9.90 Å². The molecule has 1 aromatic carbocycles. The molecule has 0 unspecified atom stereocenters. The lowest BCUT2D eigenvalue weighted by atomic mass is 10.1. The Balaban J connectivity index is 2.90. The van der Waals surface area contributed by atoms with Gasteiger partial charge in [-0.2, -0.15) is 0 Å². The number of benzene rings is 1. The Morgan fingerprint density at radius 2 is 2.17 bits per heavy atom. The highest BCUT2D eigenvalue weighted by Crippen LogP contribution is 2.23. The minimum atomic E-state index is -0.178. The molecule has 0 aliphatic rings. The van der Waals surface area contributed by atoms with Crippen LogP contribution in [0.2, 0.25) is 0 Å². The third-order valence-corrected chi connectivity index (χ3v) is 3.27. The first kappa shape index (κ1) is 15.3. The van der Waals surface area contributed by atoms with Crippen molar-refractivity contribution in [2.24, 2.45) is 0 Å². The third-order valence-electron chi connectivity index (χ3n) is 2.61. The fraction of sp³-hybridized carbons (Fsp3) is 0.462. The number of alkyl halides is 1. The molecule has 0 bridgehead atoms. The van der Waals surface area contributed by atoms with Crippen molar-refractivity contribution in [3.8, 4) is 5.75 Å². The summed E-state index contributed by atoms with van der Waals surface area (Å²) in [5.74, 6) is 0.215. The fourth-order valence-electron chi connectivity index (χ4n) is 1.62. The van der Waals surface area contributed by atoms with Gasteiger partial charge in [-0.3, -0.25) is 4.79 Å². The maximum atomic E-state index is 12.3. The standard InChI is InChI=1S/C13H17BrClNO2/c1-2-3-7-16(8-6-15)13(18)11-9-10(14)4-5-12(11)17/h4-5,9,17H,2-3,6-8H2,1H3. The maximum absolute atomic E-state index is 12.3. The second kappa shape index (κ2) is 7.64. The van der Waals surface area contributed by atoms with E-state index in [2.05, 4.69) is 22.9 Å². The van der Waals surface area contributed by atoms with E-state index in [-0.39, 0.29) is 11.7 Å². The number of carbonyl (C=O) groups is 1. The van der Waals surface area contributed by atoms with Crippen LogP contribution in [0.3, 0.4) is 0 Å². The molecule has 18 heavy (non-hydrogen) atoms. The summed E-state index contributed by atoms with van der Waals surface area (Å²) in [5.41, 5.74) is 0.311. The summed E-state index contributed by atoms with van der Waals surface area (Å²) >= 11 is 9.01. The summed E-state index contributed by atoms with van der Waals surface area (Å²) in [6.45, 7) is 3.22. The maximum Gasteiger partial charge on any atom is 0.257 e. The van der Waals surface area contributed by atoms with E-state index in [1.807, 2.05) is 0 Å². The average molecular weight is 335 g/mol. The minimum absolute atomic E-state index is 0.000675. The third kappa shape index (κ3) is 4.18. The van der Waals surface area contributed by atoms with Crippen molar-refractivity contribution in [3.63, 3.8) is 0 Å². The first-order valence-electron chi connectivity index (χ1n) is 5.94. The number of unbranched alkanes of at least 4 members (excludes halogenated alkanes) is 1. The molecule has 0 aliphatic carbocycles. The van der Waals surface area contributed by atoms with E-state index in [4.69, 9.17) is 11.6 Å². The van der Waals surface area contributed by atoms with Crippen molar-refractivity contribution in [1.29, 1.82) is 0 Å². The average Bonchev–Trinajstić information content (AvgIpc) is 2.36. The van der Waals surface area contributed by atoms with E-state index in [0.29, 0.717) is 24.5 Å². The van der Waals surface area contributed by atoms with Crippen molar-refractivity contribution < 1.29 is 9.90 Å². The van der Waals surface area contributed by atoms with Gasteiger partial charge in [-0.1, -0.05) is 29.3 Å². The number of carbonyl (C=O) groups excluding carboxylic acids is 1. The Morgan fingerprint density at radius 3 is 2.78 bits per heavy atom. The summed E-state index contributed by atoms with van der Waals surface area (Å²) in [6.07, 6.45) is 1.94. The lowest BCUT2D eigenvalue weighted by Crippen LogP contribution is -2.33. The first-order chi connectivity index (χ1) is 8.60. The van der Waals surface area contributed by atoms with Crippen LogP contribution in [0.5, 0.6) is 5.75 Å². The van der Waals surface area contributed by atoms with Crippen LogP contribution < -0.4 is 0 Å². The number of phenolic OH excluding ortho intramolecular Hbond substituents is 1. The zero-order chi connectivity index (χ0) is 13.5. The molecule has 0 saturated carbocycles. The van der Waals surface area contributed by atoms with Crippen molar-refractivity contribution in [2.45, 2.75) is 19.8 Å². The molecule has 0 saturated heterocycles. The SMILES string of the molecule is CCCCN(CCCl)C(=O)c1cc(Br)ccc1O. The Bertz CT molecular complexity index is 412. The normalized spacial score (nSPS) is 10.4. The Morgan fingerprint density at radius 1 is 1.44 bits per heavy atom. The van der Waals surface area contributed by atoms with Crippen LogP contribution in [0.25, 0.3) is 0 Å². The van der Waals surface area contributed by atoms with E-state index < -0.39 is 0 Å². The Hall–Kier alpha value is -0.740. The zero-order valence-corrected chi connectivity index (χ0v) is 12.7. The highest BCUT2D eigenvalue weighted by molar-refractivity contribution is 9.10. The monoisotopic (exact) mass is 333 g/mol.